The average Bonchev–Trinajstić information content (AvgIpc) is 3.27. The molecule has 0 unspecified atom stereocenters. The van der Waals surface area contributed by atoms with Crippen LogP contribution < -0.4 is 5.56 Å². The lowest BCUT2D eigenvalue weighted by Crippen LogP contribution is -2.41. The Kier molecular flexibility index (Phi) is 5.84. The largest absolute Gasteiger partial charge is 0.321 e. The molecule has 0 spiro atoms. The Balaban J connectivity index is 1.67. The Morgan fingerprint density at radius 3 is 2.62 bits per heavy atom. The number of nitrogens with zero attached hydrogens (tertiary/aromatic N) is 5. The minimum Gasteiger partial charge on any atom is -0.321 e. The van der Waals surface area contributed by atoms with Gasteiger partial charge in [0, 0.05) is 17.5 Å². The van der Waals surface area contributed by atoms with Crippen molar-refractivity contribution in [2.45, 2.75) is 77.8 Å². The molecule has 32 heavy (non-hydrogen) atoms. The molecule has 1 aliphatic heterocycles. The second kappa shape index (κ2) is 8.77. The molecule has 0 bridgehead atoms. The van der Waals surface area contributed by atoms with Crippen molar-refractivity contribution >= 4 is 10.9 Å². The van der Waals surface area contributed by atoms with Gasteiger partial charge in [0.15, 0.2) is 5.82 Å². The summed E-state index contributed by atoms with van der Waals surface area (Å²) in [6.07, 6.45) is 8.27. The maximum absolute atomic E-state index is 13.5. The first-order valence-electron chi connectivity index (χ1n) is 12.2. The van der Waals surface area contributed by atoms with E-state index in [1.165, 1.54) is 31.2 Å². The Labute approximate surface area is 189 Å². The van der Waals surface area contributed by atoms with Crippen LogP contribution in [0.3, 0.4) is 0 Å². The average molecular weight is 435 g/mol. The summed E-state index contributed by atoms with van der Waals surface area (Å²) in [6, 6.07) is 6.38. The fourth-order valence-corrected chi connectivity index (χ4v) is 5.72. The molecule has 1 aliphatic carbocycles. The smallest absolute Gasteiger partial charge is 0.253 e. The van der Waals surface area contributed by atoms with E-state index < -0.39 is 0 Å². The van der Waals surface area contributed by atoms with Gasteiger partial charge in [0.1, 0.15) is 6.04 Å². The molecule has 0 amide bonds. The predicted octanol–water partition coefficient (Wildman–Crippen LogP) is 4.46. The van der Waals surface area contributed by atoms with Gasteiger partial charge in [-0.25, -0.2) is 4.68 Å². The van der Waals surface area contributed by atoms with Gasteiger partial charge >= 0.3 is 0 Å². The number of fused-ring (bicyclic) bond motifs is 1. The summed E-state index contributed by atoms with van der Waals surface area (Å²) >= 11 is 0. The number of tetrazole rings is 1. The molecule has 7 heteroatoms. The van der Waals surface area contributed by atoms with E-state index in [4.69, 9.17) is 0 Å². The van der Waals surface area contributed by atoms with E-state index in [0.717, 1.165) is 60.2 Å². The summed E-state index contributed by atoms with van der Waals surface area (Å²) in [5.41, 5.74) is 3.90. The first kappa shape index (κ1) is 21.3. The van der Waals surface area contributed by atoms with Gasteiger partial charge in [0.25, 0.3) is 5.56 Å². The highest BCUT2D eigenvalue weighted by Crippen LogP contribution is 2.35. The van der Waals surface area contributed by atoms with Crippen LogP contribution >= 0.6 is 0 Å². The molecule has 0 radical (unpaired) electrons. The quantitative estimate of drug-likeness (QED) is 0.656. The van der Waals surface area contributed by atoms with Crippen LogP contribution in [0, 0.1) is 19.8 Å². The number of nitrogens with one attached hydrogen (secondary N) is 1. The number of piperidine rings is 1. The van der Waals surface area contributed by atoms with Gasteiger partial charge in [-0.1, -0.05) is 38.3 Å². The molecule has 7 nitrogen and oxygen atoms in total. The number of aryl methyl sites for hydroxylation is 2. The molecular formula is C25H34N6O. The van der Waals surface area contributed by atoms with Crippen LogP contribution in [0.4, 0.5) is 0 Å². The normalized spacial score (nSPS) is 21.8. The van der Waals surface area contributed by atoms with E-state index in [2.05, 4.69) is 57.5 Å². The number of benzene rings is 1. The number of hydrogen-bond acceptors (Lipinski definition) is 5. The minimum atomic E-state index is -0.234. The number of H-pyrrole nitrogens is 1. The van der Waals surface area contributed by atoms with Crippen LogP contribution in [0.2, 0.25) is 0 Å². The highest BCUT2D eigenvalue weighted by Gasteiger charge is 2.34. The molecule has 3 aromatic rings. The van der Waals surface area contributed by atoms with Gasteiger partial charge < -0.3 is 4.98 Å². The van der Waals surface area contributed by atoms with Crippen molar-refractivity contribution < 1.29 is 0 Å². The zero-order valence-corrected chi connectivity index (χ0v) is 19.5. The van der Waals surface area contributed by atoms with E-state index in [9.17, 15) is 4.79 Å². The van der Waals surface area contributed by atoms with Crippen LogP contribution in [0.15, 0.2) is 23.0 Å². The molecule has 170 valence electrons. The lowest BCUT2D eigenvalue weighted by Gasteiger charge is -2.37. The molecule has 1 aromatic carbocycles. The highest BCUT2D eigenvalue weighted by atomic mass is 16.1. The lowest BCUT2D eigenvalue weighted by atomic mass is 9.93. The maximum atomic E-state index is 13.5. The first-order valence-corrected chi connectivity index (χ1v) is 12.2. The summed E-state index contributed by atoms with van der Waals surface area (Å²) in [5.74, 6) is 1.41. The second-order valence-corrected chi connectivity index (χ2v) is 9.96. The van der Waals surface area contributed by atoms with Crippen LogP contribution in [0.1, 0.15) is 86.5 Å². The summed E-state index contributed by atoms with van der Waals surface area (Å²) < 4.78 is 2.04. The maximum Gasteiger partial charge on any atom is 0.253 e. The molecule has 1 saturated heterocycles. The molecule has 5 rings (SSSR count). The molecule has 2 aromatic heterocycles. The monoisotopic (exact) mass is 434 g/mol. The number of hydrogen-bond donors (Lipinski definition) is 1. The van der Waals surface area contributed by atoms with Gasteiger partial charge in [-0.15, -0.1) is 5.10 Å². The topological polar surface area (TPSA) is 79.7 Å². The highest BCUT2D eigenvalue weighted by molar-refractivity contribution is 5.85. The van der Waals surface area contributed by atoms with E-state index in [1.54, 1.807) is 0 Å². The SMILES string of the molecule is Cc1ccc(C)c2[nH]c(=O)c([C@@H](c3nnnn3C3CCCCC3)N3CCC[C@@H](C)C3)cc12. The Morgan fingerprint density at radius 1 is 1.06 bits per heavy atom. The van der Waals surface area contributed by atoms with Crippen molar-refractivity contribution in [2.75, 3.05) is 13.1 Å². The van der Waals surface area contributed by atoms with Gasteiger partial charge in [-0.3, -0.25) is 9.69 Å². The predicted molar refractivity (Wildman–Crippen MR) is 126 cm³/mol. The van der Waals surface area contributed by atoms with Crippen LogP contribution in [0.25, 0.3) is 10.9 Å². The molecule has 2 atom stereocenters. The summed E-state index contributed by atoms with van der Waals surface area (Å²) in [5, 5.41) is 14.2. The fourth-order valence-electron chi connectivity index (χ4n) is 5.72. The lowest BCUT2D eigenvalue weighted by molar-refractivity contribution is 0.138. The van der Waals surface area contributed by atoms with Gasteiger partial charge in [0.05, 0.1) is 11.6 Å². The summed E-state index contributed by atoms with van der Waals surface area (Å²) in [7, 11) is 0. The molecular weight excluding hydrogens is 400 g/mol. The Morgan fingerprint density at radius 2 is 1.84 bits per heavy atom. The van der Waals surface area contributed by atoms with Crippen molar-refractivity contribution in [3.8, 4) is 0 Å². The number of likely N-dealkylation sites (tertiary alicyclic amines) is 1. The minimum absolute atomic E-state index is 0.0346. The molecule has 3 heterocycles. The summed E-state index contributed by atoms with van der Waals surface area (Å²) in [6.45, 7) is 8.35. The van der Waals surface area contributed by atoms with Crippen molar-refractivity contribution in [1.29, 1.82) is 0 Å². The molecule has 1 saturated carbocycles. The van der Waals surface area contributed by atoms with Gasteiger partial charge in [-0.05, 0) is 79.6 Å². The van der Waals surface area contributed by atoms with Crippen molar-refractivity contribution in [1.82, 2.24) is 30.1 Å². The van der Waals surface area contributed by atoms with Crippen LogP contribution in [0.5, 0.6) is 0 Å². The third kappa shape index (κ3) is 3.87. The molecule has 2 aliphatic rings. The van der Waals surface area contributed by atoms with E-state index in [-0.39, 0.29) is 11.6 Å². The van der Waals surface area contributed by atoms with Crippen molar-refractivity contribution in [3.63, 3.8) is 0 Å². The second-order valence-electron chi connectivity index (χ2n) is 9.96. The Bertz CT molecular complexity index is 1160. The standard InChI is InChI=1S/C25H34N6O/c1-16-8-7-13-30(15-16)23(24-27-28-29-31(24)19-9-5-4-6-10-19)21-14-20-17(2)11-12-18(3)22(20)26-25(21)32/h11-12,14,16,19,23H,4-10,13,15H2,1-3H3,(H,26,32)/t16-,23+/m1/s1. The third-order valence-corrected chi connectivity index (χ3v) is 7.50. The van der Waals surface area contributed by atoms with Crippen molar-refractivity contribution in [3.05, 3.63) is 51.1 Å². The van der Waals surface area contributed by atoms with E-state index in [0.29, 0.717) is 12.0 Å². The van der Waals surface area contributed by atoms with Crippen molar-refractivity contribution in [2.24, 2.45) is 5.92 Å². The molecule has 2 fully saturated rings. The third-order valence-electron chi connectivity index (χ3n) is 7.50. The van der Waals surface area contributed by atoms with Crippen LogP contribution in [-0.2, 0) is 0 Å². The zero-order chi connectivity index (χ0) is 22.2. The number of pyridine rings is 1. The summed E-state index contributed by atoms with van der Waals surface area (Å²) in [4.78, 5) is 19.1. The number of aromatic nitrogens is 5. The zero-order valence-electron chi connectivity index (χ0n) is 19.5. The first-order chi connectivity index (χ1) is 15.5. The van der Waals surface area contributed by atoms with Crippen LogP contribution in [-0.4, -0.2) is 43.2 Å². The molecule has 1 N–H and O–H groups in total. The van der Waals surface area contributed by atoms with Gasteiger partial charge in [0.2, 0.25) is 0 Å². The van der Waals surface area contributed by atoms with E-state index in [1.807, 2.05) is 11.6 Å². The van der Waals surface area contributed by atoms with Gasteiger partial charge in [-0.2, -0.15) is 0 Å². The number of rotatable bonds is 4. The van der Waals surface area contributed by atoms with E-state index >= 15 is 0 Å². The fraction of sp³-hybridized carbons (Fsp3) is 0.600. The number of aromatic amines is 1. The Hall–Kier alpha value is -2.54.